The van der Waals surface area contributed by atoms with E-state index in [9.17, 15) is 4.21 Å². The van der Waals surface area contributed by atoms with Crippen LogP contribution in [0.1, 0.15) is 31.2 Å². The zero-order chi connectivity index (χ0) is 12.3. The lowest BCUT2D eigenvalue weighted by Gasteiger charge is -2.12. The summed E-state index contributed by atoms with van der Waals surface area (Å²) < 4.78 is 18.6. The van der Waals surface area contributed by atoms with Crippen LogP contribution in [0.2, 0.25) is 0 Å². The Kier molecular flexibility index (Phi) is 4.62. The van der Waals surface area contributed by atoms with Gasteiger partial charge in [-0.3, -0.25) is 4.21 Å². The molecule has 2 nitrogen and oxygen atoms in total. The van der Waals surface area contributed by atoms with E-state index in [1.54, 1.807) is 7.11 Å². The standard InChI is InChI=1S/C13H17BrO2S/c1-16-13-7-6-11(14)8-10(13)9-17(15)12-4-2-3-5-12/h6-8,12H,2-5,9H2,1H3. The molecule has 1 unspecified atom stereocenters. The average Bonchev–Trinajstić information content (AvgIpc) is 2.83. The van der Waals surface area contributed by atoms with E-state index in [1.165, 1.54) is 12.8 Å². The third kappa shape index (κ3) is 3.32. The van der Waals surface area contributed by atoms with Crippen molar-refractivity contribution < 1.29 is 8.95 Å². The molecule has 1 saturated carbocycles. The number of hydrogen-bond donors (Lipinski definition) is 0. The molecule has 4 heteroatoms. The third-order valence-electron chi connectivity index (χ3n) is 3.21. The fourth-order valence-corrected chi connectivity index (χ4v) is 4.32. The fourth-order valence-electron chi connectivity index (χ4n) is 2.28. The van der Waals surface area contributed by atoms with Crippen LogP contribution >= 0.6 is 15.9 Å². The van der Waals surface area contributed by atoms with Gasteiger partial charge < -0.3 is 4.74 Å². The molecule has 0 amide bonds. The van der Waals surface area contributed by atoms with Crippen LogP contribution in [-0.4, -0.2) is 16.6 Å². The van der Waals surface area contributed by atoms with Crippen LogP contribution in [0.4, 0.5) is 0 Å². The number of rotatable bonds is 4. The summed E-state index contributed by atoms with van der Waals surface area (Å²) in [6.07, 6.45) is 4.68. The topological polar surface area (TPSA) is 26.3 Å². The smallest absolute Gasteiger partial charge is 0.123 e. The van der Waals surface area contributed by atoms with Gasteiger partial charge in [0.2, 0.25) is 0 Å². The second kappa shape index (κ2) is 6.01. The maximum Gasteiger partial charge on any atom is 0.123 e. The van der Waals surface area contributed by atoms with Crippen molar-refractivity contribution in [2.24, 2.45) is 0 Å². The van der Waals surface area contributed by atoms with Crippen molar-refractivity contribution in [3.63, 3.8) is 0 Å². The molecular formula is C13H17BrO2S. The van der Waals surface area contributed by atoms with E-state index >= 15 is 0 Å². The Bertz CT molecular complexity index is 414. The van der Waals surface area contributed by atoms with E-state index in [4.69, 9.17) is 4.74 Å². The number of hydrogen-bond acceptors (Lipinski definition) is 2. The van der Waals surface area contributed by atoms with Gasteiger partial charge in [-0.15, -0.1) is 0 Å². The van der Waals surface area contributed by atoms with Crippen molar-refractivity contribution in [3.05, 3.63) is 28.2 Å². The maximum atomic E-state index is 12.2. The number of benzene rings is 1. The van der Waals surface area contributed by atoms with Crippen LogP contribution in [0.25, 0.3) is 0 Å². The Morgan fingerprint density at radius 1 is 1.41 bits per heavy atom. The Morgan fingerprint density at radius 3 is 2.76 bits per heavy atom. The van der Waals surface area contributed by atoms with Crippen molar-refractivity contribution in [2.75, 3.05) is 7.11 Å². The van der Waals surface area contributed by atoms with E-state index in [-0.39, 0.29) is 0 Å². The molecule has 1 aliphatic rings. The van der Waals surface area contributed by atoms with Crippen molar-refractivity contribution in [3.8, 4) is 5.75 Å². The molecule has 94 valence electrons. The van der Waals surface area contributed by atoms with E-state index in [0.717, 1.165) is 28.6 Å². The van der Waals surface area contributed by atoms with Gasteiger partial charge in [0.15, 0.2) is 0 Å². The molecule has 1 atom stereocenters. The van der Waals surface area contributed by atoms with Crippen LogP contribution in [0.15, 0.2) is 22.7 Å². The van der Waals surface area contributed by atoms with Gasteiger partial charge in [-0.2, -0.15) is 0 Å². The molecule has 0 saturated heterocycles. The first kappa shape index (κ1) is 13.1. The lowest BCUT2D eigenvalue weighted by atomic mass is 10.2. The Balaban J connectivity index is 2.11. The Labute approximate surface area is 113 Å². The molecule has 1 aromatic rings. The van der Waals surface area contributed by atoms with Crippen molar-refractivity contribution in [1.82, 2.24) is 0 Å². The molecule has 1 aliphatic carbocycles. The van der Waals surface area contributed by atoms with Crippen LogP contribution < -0.4 is 4.74 Å². The van der Waals surface area contributed by atoms with Crippen LogP contribution in [0, 0.1) is 0 Å². The van der Waals surface area contributed by atoms with E-state index in [2.05, 4.69) is 15.9 Å². The highest BCUT2D eigenvalue weighted by Crippen LogP contribution is 2.28. The molecule has 0 spiro atoms. The molecule has 0 heterocycles. The summed E-state index contributed by atoms with van der Waals surface area (Å²) in [6, 6.07) is 5.87. The van der Waals surface area contributed by atoms with Gasteiger partial charge in [-0.25, -0.2) is 0 Å². The van der Waals surface area contributed by atoms with Gasteiger partial charge >= 0.3 is 0 Å². The lowest BCUT2D eigenvalue weighted by Crippen LogP contribution is -2.12. The van der Waals surface area contributed by atoms with E-state index in [1.807, 2.05) is 18.2 Å². The minimum absolute atomic E-state index is 0.388. The minimum Gasteiger partial charge on any atom is -0.496 e. The third-order valence-corrected chi connectivity index (χ3v) is 5.52. The second-order valence-corrected chi connectivity index (χ2v) is 7.02. The highest BCUT2D eigenvalue weighted by atomic mass is 79.9. The maximum absolute atomic E-state index is 12.2. The van der Waals surface area contributed by atoms with Crippen LogP contribution in [-0.2, 0) is 16.6 Å². The molecule has 0 N–H and O–H groups in total. The average molecular weight is 317 g/mol. The first-order chi connectivity index (χ1) is 8.20. The molecular weight excluding hydrogens is 300 g/mol. The van der Waals surface area contributed by atoms with Crippen molar-refractivity contribution >= 4 is 26.7 Å². The summed E-state index contributed by atoms with van der Waals surface area (Å²) in [4.78, 5) is 0. The highest BCUT2D eigenvalue weighted by molar-refractivity contribution is 9.10. The van der Waals surface area contributed by atoms with Gasteiger partial charge in [0.05, 0.1) is 12.9 Å². The summed E-state index contributed by atoms with van der Waals surface area (Å²) >= 11 is 3.44. The monoisotopic (exact) mass is 316 g/mol. The number of methoxy groups -OCH3 is 1. The summed E-state index contributed by atoms with van der Waals surface area (Å²) in [5, 5.41) is 0.388. The molecule has 0 aliphatic heterocycles. The van der Waals surface area contributed by atoms with Crippen molar-refractivity contribution in [2.45, 2.75) is 36.7 Å². The normalized spacial score (nSPS) is 18.2. The fraction of sp³-hybridized carbons (Fsp3) is 0.538. The predicted molar refractivity (Wildman–Crippen MR) is 74.8 cm³/mol. The van der Waals surface area contributed by atoms with Crippen LogP contribution in [0.5, 0.6) is 5.75 Å². The molecule has 1 fully saturated rings. The summed E-state index contributed by atoms with van der Waals surface area (Å²) in [5.41, 5.74) is 1.03. The van der Waals surface area contributed by atoms with E-state index in [0.29, 0.717) is 11.0 Å². The number of ether oxygens (including phenoxy) is 1. The highest BCUT2D eigenvalue weighted by Gasteiger charge is 2.22. The van der Waals surface area contributed by atoms with Gasteiger partial charge in [0.25, 0.3) is 0 Å². The summed E-state index contributed by atoms with van der Waals surface area (Å²) in [5.74, 6) is 1.44. The predicted octanol–water partition coefficient (Wildman–Crippen LogP) is 3.65. The summed E-state index contributed by atoms with van der Waals surface area (Å²) in [6.45, 7) is 0. The SMILES string of the molecule is COc1ccc(Br)cc1CS(=O)C1CCCC1. The van der Waals surface area contributed by atoms with Gasteiger partial charge in [0, 0.05) is 26.1 Å². The molecule has 1 aromatic carbocycles. The molecule has 17 heavy (non-hydrogen) atoms. The minimum atomic E-state index is -0.767. The van der Waals surface area contributed by atoms with Gasteiger partial charge in [-0.1, -0.05) is 28.8 Å². The zero-order valence-corrected chi connectivity index (χ0v) is 12.4. The molecule has 0 radical (unpaired) electrons. The van der Waals surface area contributed by atoms with E-state index < -0.39 is 10.8 Å². The zero-order valence-electron chi connectivity index (χ0n) is 9.95. The van der Waals surface area contributed by atoms with Gasteiger partial charge in [-0.05, 0) is 31.0 Å². The first-order valence-electron chi connectivity index (χ1n) is 5.90. The van der Waals surface area contributed by atoms with Crippen LogP contribution in [0.3, 0.4) is 0 Å². The lowest BCUT2D eigenvalue weighted by molar-refractivity contribution is 0.411. The Morgan fingerprint density at radius 2 is 2.12 bits per heavy atom. The number of halogens is 1. The Hall–Kier alpha value is -0.350. The summed E-state index contributed by atoms with van der Waals surface area (Å²) in [7, 11) is 0.891. The van der Waals surface area contributed by atoms with Gasteiger partial charge in [0.1, 0.15) is 5.75 Å². The largest absolute Gasteiger partial charge is 0.496 e. The molecule has 2 rings (SSSR count). The quantitative estimate of drug-likeness (QED) is 0.847. The second-order valence-electron chi connectivity index (χ2n) is 4.39. The molecule has 0 aromatic heterocycles. The van der Waals surface area contributed by atoms with Crippen molar-refractivity contribution in [1.29, 1.82) is 0 Å². The molecule has 0 bridgehead atoms. The first-order valence-corrected chi connectivity index (χ1v) is 8.08.